The van der Waals surface area contributed by atoms with E-state index in [0.29, 0.717) is 11.6 Å². The summed E-state index contributed by atoms with van der Waals surface area (Å²) in [5, 5.41) is 5.47. The molecule has 0 bridgehead atoms. The molecule has 0 aliphatic carbocycles. The third kappa shape index (κ3) is 5.13. The van der Waals surface area contributed by atoms with Gasteiger partial charge in [-0.2, -0.15) is 0 Å². The Morgan fingerprint density at radius 3 is 2.27 bits per heavy atom. The number of nitrogens with one attached hydrogen (secondary N) is 1. The van der Waals surface area contributed by atoms with Crippen LogP contribution in [-0.2, 0) is 17.6 Å². The fourth-order valence-corrected chi connectivity index (χ4v) is 3.92. The van der Waals surface area contributed by atoms with Gasteiger partial charge in [-0.1, -0.05) is 66.7 Å². The van der Waals surface area contributed by atoms with Crippen molar-refractivity contribution in [1.82, 2.24) is 4.98 Å². The highest BCUT2D eigenvalue weighted by atomic mass is 32.1. The van der Waals surface area contributed by atoms with Crippen molar-refractivity contribution in [2.75, 3.05) is 12.4 Å². The Balaban J connectivity index is 1.36. The molecule has 150 valence electrons. The zero-order valence-corrected chi connectivity index (χ0v) is 17.5. The van der Waals surface area contributed by atoms with Gasteiger partial charge in [0.05, 0.1) is 19.2 Å². The molecule has 0 saturated carbocycles. The predicted octanol–water partition coefficient (Wildman–Crippen LogP) is 5.59. The maximum atomic E-state index is 12.3. The van der Waals surface area contributed by atoms with E-state index < -0.39 is 0 Å². The number of carbonyl (C=O) groups is 1. The lowest BCUT2D eigenvalue weighted by atomic mass is 10.0. The van der Waals surface area contributed by atoms with E-state index in [9.17, 15) is 4.79 Å². The summed E-state index contributed by atoms with van der Waals surface area (Å²) in [6.07, 6.45) is 1.21. The molecule has 0 aliphatic heterocycles. The molecule has 1 aromatic heterocycles. The van der Waals surface area contributed by atoms with Crippen LogP contribution in [0.15, 0.2) is 84.2 Å². The lowest BCUT2D eigenvalue weighted by Gasteiger charge is -2.04. The number of hydrogen-bond acceptors (Lipinski definition) is 4. The standard InChI is InChI=1S/C25H22N2O2S/c1-29-22-13-9-20(10-14-22)16-24(28)27-25-26-23(17-30-25)21-11-7-19(8-12-21)15-18-5-3-2-4-6-18/h2-14,17H,15-16H2,1H3,(H,26,27,28). The monoisotopic (exact) mass is 414 g/mol. The highest BCUT2D eigenvalue weighted by molar-refractivity contribution is 7.14. The molecule has 4 aromatic rings. The molecular weight excluding hydrogens is 392 g/mol. The fraction of sp³-hybridized carbons (Fsp3) is 0.120. The van der Waals surface area contributed by atoms with Gasteiger partial charge in [0, 0.05) is 10.9 Å². The maximum absolute atomic E-state index is 12.3. The van der Waals surface area contributed by atoms with Gasteiger partial charge in [-0.3, -0.25) is 4.79 Å². The number of thiazole rings is 1. The van der Waals surface area contributed by atoms with E-state index in [0.717, 1.165) is 29.0 Å². The predicted molar refractivity (Wildman–Crippen MR) is 122 cm³/mol. The van der Waals surface area contributed by atoms with Crippen LogP contribution in [0.3, 0.4) is 0 Å². The Hall–Kier alpha value is -3.44. The number of amides is 1. The van der Waals surface area contributed by atoms with Crippen molar-refractivity contribution in [3.05, 3.63) is 101 Å². The molecule has 5 heteroatoms. The Bertz CT molecular complexity index is 1100. The number of anilines is 1. The van der Waals surface area contributed by atoms with Crippen LogP contribution in [0.1, 0.15) is 16.7 Å². The van der Waals surface area contributed by atoms with Gasteiger partial charge >= 0.3 is 0 Å². The number of hydrogen-bond donors (Lipinski definition) is 1. The first-order valence-corrected chi connectivity index (χ1v) is 10.6. The van der Waals surface area contributed by atoms with E-state index in [1.54, 1.807) is 7.11 Å². The van der Waals surface area contributed by atoms with Crippen LogP contribution in [-0.4, -0.2) is 18.0 Å². The highest BCUT2D eigenvalue weighted by Crippen LogP contribution is 2.26. The van der Waals surface area contributed by atoms with Crippen LogP contribution in [0.5, 0.6) is 5.75 Å². The number of ether oxygens (including phenoxy) is 1. The zero-order valence-electron chi connectivity index (χ0n) is 16.7. The van der Waals surface area contributed by atoms with Crippen LogP contribution in [0, 0.1) is 0 Å². The Kier molecular flexibility index (Phi) is 6.20. The van der Waals surface area contributed by atoms with Crippen LogP contribution >= 0.6 is 11.3 Å². The topological polar surface area (TPSA) is 51.2 Å². The van der Waals surface area contributed by atoms with Crippen molar-refractivity contribution in [3.8, 4) is 17.0 Å². The number of nitrogens with zero attached hydrogens (tertiary/aromatic N) is 1. The van der Waals surface area contributed by atoms with Crippen LogP contribution in [0.4, 0.5) is 5.13 Å². The SMILES string of the molecule is COc1ccc(CC(=O)Nc2nc(-c3ccc(Cc4ccccc4)cc3)cs2)cc1. The fourth-order valence-electron chi connectivity index (χ4n) is 3.18. The summed E-state index contributed by atoms with van der Waals surface area (Å²) in [5.41, 5.74) is 5.39. The van der Waals surface area contributed by atoms with E-state index in [-0.39, 0.29) is 5.91 Å². The lowest BCUT2D eigenvalue weighted by molar-refractivity contribution is -0.115. The van der Waals surface area contributed by atoms with Crippen molar-refractivity contribution < 1.29 is 9.53 Å². The van der Waals surface area contributed by atoms with Crippen LogP contribution in [0.2, 0.25) is 0 Å². The van der Waals surface area contributed by atoms with Gasteiger partial charge in [-0.15, -0.1) is 11.3 Å². The van der Waals surface area contributed by atoms with Crippen molar-refractivity contribution in [3.63, 3.8) is 0 Å². The van der Waals surface area contributed by atoms with Gasteiger partial charge < -0.3 is 10.1 Å². The van der Waals surface area contributed by atoms with Gasteiger partial charge in [0.2, 0.25) is 5.91 Å². The molecule has 4 rings (SSSR count). The van der Waals surface area contributed by atoms with Gasteiger partial charge in [0.15, 0.2) is 5.13 Å². The second-order valence-corrected chi connectivity index (χ2v) is 7.83. The van der Waals surface area contributed by atoms with Gasteiger partial charge in [0.25, 0.3) is 0 Å². The third-order valence-corrected chi connectivity index (χ3v) is 5.53. The minimum absolute atomic E-state index is 0.0840. The first kappa shape index (κ1) is 19.9. The molecular formula is C25H22N2O2S. The van der Waals surface area contributed by atoms with Crippen molar-refractivity contribution in [2.24, 2.45) is 0 Å². The normalized spacial score (nSPS) is 10.6. The Labute approximate surface area is 180 Å². The summed E-state index contributed by atoms with van der Waals surface area (Å²) >= 11 is 1.43. The number of methoxy groups -OCH3 is 1. The first-order chi connectivity index (χ1) is 14.7. The average Bonchev–Trinajstić information content (AvgIpc) is 3.24. The Morgan fingerprint density at radius 1 is 0.900 bits per heavy atom. The second kappa shape index (κ2) is 9.37. The quantitative estimate of drug-likeness (QED) is 0.429. The van der Waals surface area contributed by atoms with E-state index >= 15 is 0 Å². The average molecular weight is 415 g/mol. The van der Waals surface area contributed by atoms with E-state index in [1.165, 1.54) is 22.5 Å². The smallest absolute Gasteiger partial charge is 0.230 e. The maximum Gasteiger partial charge on any atom is 0.230 e. The molecule has 30 heavy (non-hydrogen) atoms. The molecule has 0 spiro atoms. The number of aromatic nitrogens is 1. The summed E-state index contributed by atoms with van der Waals surface area (Å²) in [7, 11) is 1.62. The molecule has 0 fully saturated rings. The van der Waals surface area contributed by atoms with Crippen molar-refractivity contribution in [1.29, 1.82) is 0 Å². The molecule has 0 saturated heterocycles. The lowest BCUT2D eigenvalue weighted by Crippen LogP contribution is -2.14. The number of rotatable bonds is 7. The van der Waals surface area contributed by atoms with Gasteiger partial charge in [-0.25, -0.2) is 4.98 Å². The van der Waals surface area contributed by atoms with E-state index in [1.807, 2.05) is 35.7 Å². The molecule has 0 unspecified atom stereocenters. The molecule has 1 N–H and O–H groups in total. The minimum Gasteiger partial charge on any atom is -0.497 e. The largest absolute Gasteiger partial charge is 0.497 e. The number of carbonyl (C=O) groups excluding carboxylic acids is 1. The van der Waals surface area contributed by atoms with E-state index in [4.69, 9.17) is 4.74 Å². The van der Waals surface area contributed by atoms with Gasteiger partial charge in [-0.05, 0) is 35.2 Å². The summed E-state index contributed by atoms with van der Waals surface area (Å²) in [5.74, 6) is 0.692. The van der Waals surface area contributed by atoms with E-state index in [2.05, 4.69) is 58.8 Å². The molecule has 1 amide bonds. The molecule has 0 radical (unpaired) electrons. The third-order valence-electron chi connectivity index (χ3n) is 4.78. The molecule has 3 aromatic carbocycles. The summed E-state index contributed by atoms with van der Waals surface area (Å²) in [6.45, 7) is 0. The molecule has 1 heterocycles. The van der Waals surface area contributed by atoms with Crippen molar-refractivity contribution >= 4 is 22.4 Å². The van der Waals surface area contributed by atoms with Crippen molar-refractivity contribution in [2.45, 2.75) is 12.8 Å². The van der Waals surface area contributed by atoms with Crippen LogP contribution < -0.4 is 10.1 Å². The van der Waals surface area contributed by atoms with Gasteiger partial charge in [0.1, 0.15) is 5.75 Å². The first-order valence-electron chi connectivity index (χ1n) is 9.71. The second-order valence-electron chi connectivity index (χ2n) is 6.97. The molecule has 0 aliphatic rings. The Morgan fingerprint density at radius 2 is 1.57 bits per heavy atom. The summed E-state index contributed by atoms with van der Waals surface area (Å²) < 4.78 is 5.14. The number of benzene rings is 3. The molecule has 0 atom stereocenters. The summed E-state index contributed by atoms with van der Waals surface area (Å²) in [6, 6.07) is 26.3. The minimum atomic E-state index is -0.0840. The zero-order chi connectivity index (χ0) is 20.8. The molecule has 4 nitrogen and oxygen atoms in total. The highest BCUT2D eigenvalue weighted by Gasteiger charge is 2.09. The summed E-state index contributed by atoms with van der Waals surface area (Å²) in [4.78, 5) is 16.9. The van der Waals surface area contributed by atoms with Crippen LogP contribution in [0.25, 0.3) is 11.3 Å².